The Morgan fingerprint density at radius 3 is 2.46 bits per heavy atom. The van der Waals surface area contributed by atoms with Gasteiger partial charge in [0.25, 0.3) is 0 Å². The summed E-state index contributed by atoms with van der Waals surface area (Å²) >= 11 is 0. The van der Waals surface area contributed by atoms with Crippen molar-refractivity contribution in [2.75, 3.05) is 6.26 Å². The van der Waals surface area contributed by atoms with E-state index in [9.17, 15) is 13.2 Å². The molecule has 28 heavy (non-hydrogen) atoms. The highest BCUT2D eigenvalue weighted by Crippen LogP contribution is 2.26. The van der Waals surface area contributed by atoms with E-state index in [0.717, 1.165) is 17.4 Å². The molecule has 144 valence electrons. The van der Waals surface area contributed by atoms with Crippen LogP contribution in [0.2, 0.25) is 0 Å². The maximum absolute atomic E-state index is 12.4. The number of pyridine rings is 1. The summed E-state index contributed by atoms with van der Waals surface area (Å²) in [5.74, 6) is 0.128. The molecule has 0 spiro atoms. The number of carbonyl (C=O) groups is 1. The molecule has 3 aromatic rings. The van der Waals surface area contributed by atoms with Crippen molar-refractivity contribution in [2.24, 2.45) is 0 Å². The maximum atomic E-state index is 12.4. The Morgan fingerprint density at radius 1 is 1.04 bits per heavy atom. The van der Waals surface area contributed by atoms with Crippen molar-refractivity contribution in [3.8, 4) is 17.0 Å². The molecule has 0 saturated carbocycles. The van der Waals surface area contributed by atoms with Crippen LogP contribution in [-0.2, 0) is 16.5 Å². The molecule has 1 aromatic carbocycles. The van der Waals surface area contributed by atoms with Crippen LogP contribution in [0.15, 0.2) is 49.1 Å². The van der Waals surface area contributed by atoms with Gasteiger partial charge in [0.05, 0.1) is 30.3 Å². The average molecular weight is 397 g/mol. The number of carbonyl (C=O) groups excluding carboxylic acids is 1. The molecule has 0 radical (unpaired) electrons. The van der Waals surface area contributed by atoms with E-state index in [-0.39, 0.29) is 18.0 Å². The number of rotatable bonds is 6. The van der Waals surface area contributed by atoms with Gasteiger partial charge in [-0.25, -0.2) is 0 Å². The SMILES string of the molecule is Cc1ccncc1C(=O)Cc1cnc(-c2cc(OS(C)(=O)=O)ccc2C)cn1. The normalized spacial score (nSPS) is 11.2. The van der Waals surface area contributed by atoms with Gasteiger partial charge in [0.15, 0.2) is 5.78 Å². The molecule has 0 saturated heterocycles. The lowest BCUT2D eigenvalue weighted by Crippen LogP contribution is -2.08. The van der Waals surface area contributed by atoms with E-state index in [2.05, 4.69) is 15.0 Å². The van der Waals surface area contributed by atoms with Crippen LogP contribution in [-0.4, -0.2) is 35.4 Å². The molecule has 0 aliphatic heterocycles. The minimum atomic E-state index is -3.62. The molecule has 0 unspecified atom stereocenters. The molecule has 0 N–H and O–H groups in total. The third-order valence-electron chi connectivity index (χ3n) is 4.12. The molecule has 0 aliphatic rings. The molecule has 0 amide bonds. The number of nitrogens with zero attached hydrogens (tertiary/aromatic N) is 3. The average Bonchev–Trinajstić information content (AvgIpc) is 2.63. The zero-order valence-electron chi connectivity index (χ0n) is 15.7. The monoisotopic (exact) mass is 397 g/mol. The maximum Gasteiger partial charge on any atom is 0.306 e. The first-order valence-electron chi connectivity index (χ1n) is 8.48. The lowest BCUT2D eigenvalue weighted by Gasteiger charge is -2.09. The molecule has 0 fully saturated rings. The molecule has 0 bridgehead atoms. The molecular weight excluding hydrogens is 378 g/mol. The van der Waals surface area contributed by atoms with Gasteiger partial charge in [0.1, 0.15) is 5.75 Å². The molecule has 0 atom stereocenters. The van der Waals surface area contributed by atoms with E-state index in [0.29, 0.717) is 22.5 Å². The Hall–Kier alpha value is -3.13. The Kier molecular flexibility index (Phi) is 5.51. The summed E-state index contributed by atoms with van der Waals surface area (Å²) in [5.41, 5.74) is 4.13. The standard InChI is InChI=1S/C20H19N3O4S/c1-13-4-5-16(27-28(3,25)26)9-17(13)19-12-22-15(10-23-19)8-20(24)18-11-21-7-6-14(18)2/h4-7,9-12H,8H2,1-3H3. The Labute approximate surface area is 163 Å². The van der Waals surface area contributed by atoms with Crippen molar-refractivity contribution < 1.29 is 17.4 Å². The van der Waals surface area contributed by atoms with Crippen LogP contribution in [0.5, 0.6) is 5.75 Å². The Bertz CT molecular complexity index is 1130. The smallest absolute Gasteiger partial charge is 0.306 e. The largest absolute Gasteiger partial charge is 0.383 e. The number of Topliss-reactive ketones (excluding diaryl/α,β-unsaturated/α-hetero) is 1. The number of aromatic nitrogens is 3. The Balaban J connectivity index is 1.82. The fraction of sp³-hybridized carbons (Fsp3) is 0.200. The van der Waals surface area contributed by atoms with E-state index in [4.69, 9.17) is 4.18 Å². The predicted molar refractivity (Wildman–Crippen MR) is 105 cm³/mol. The third kappa shape index (κ3) is 4.77. The first-order chi connectivity index (χ1) is 13.2. The van der Waals surface area contributed by atoms with Gasteiger partial charge in [-0.15, -0.1) is 0 Å². The summed E-state index contributed by atoms with van der Waals surface area (Å²) in [4.78, 5) is 25.1. The predicted octanol–water partition coefficient (Wildman–Crippen LogP) is 2.92. The van der Waals surface area contributed by atoms with E-state index in [1.807, 2.05) is 13.8 Å². The van der Waals surface area contributed by atoms with Gasteiger partial charge in [0.2, 0.25) is 0 Å². The first-order valence-corrected chi connectivity index (χ1v) is 10.3. The summed E-state index contributed by atoms with van der Waals surface area (Å²) in [6, 6.07) is 6.72. The second-order valence-electron chi connectivity index (χ2n) is 6.45. The van der Waals surface area contributed by atoms with Crippen LogP contribution in [0.1, 0.15) is 27.2 Å². The van der Waals surface area contributed by atoms with Crippen molar-refractivity contribution in [3.63, 3.8) is 0 Å². The molecular formula is C20H19N3O4S. The van der Waals surface area contributed by atoms with Crippen LogP contribution >= 0.6 is 0 Å². The quantitative estimate of drug-likeness (QED) is 0.466. The fourth-order valence-electron chi connectivity index (χ4n) is 2.70. The molecule has 8 heteroatoms. The van der Waals surface area contributed by atoms with Gasteiger partial charge in [-0.3, -0.25) is 19.7 Å². The van der Waals surface area contributed by atoms with E-state index in [1.165, 1.54) is 0 Å². The second kappa shape index (κ2) is 7.85. The third-order valence-corrected chi connectivity index (χ3v) is 4.61. The molecule has 2 heterocycles. The van der Waals surface area contributed by atoms with Crippen LogP contribution in [0.25, 0.3) is 11.3 Å². The fourth-order valence-corrected chi connectivity index (χ4v) is 3.16. The summed E-state index contributed by atoms with van der Waals surface area (Å²) in [6.45, 7) is 3.74. The highest BCUT2D eigenvalue weighted by Gasteiger charge is 2.13. The zero-order chi connectivity index (χ0) is 20.3. The number of ketones is 1. The minimum Gasteiger partial charge on any atom is -0.383 e. The highest BCUT2D eigenvalue weighted by atomic mass is 32.2. The van der Waals surface area contributed by atoms with Crippen LogP contribution in [0.3, 0.4) is 0 Å². The van der Waals surface area contributed by atoms with Crippen molar-refractivity contribution in [3.05, 3.63) is 71.4 Å². The van der Waals surface area contributed by atoms with Gasteiger partial charge in [-0.2, -0.15) is 8.42 Å². The lowest BCUT2D eigenvalue weighted by atomic mass is 10.0. The summed E-state index contributed by atoms with van der Waals surface area (Å²) in [5, 5.41) is 0. The van der Waals surface area contributed by atoms with Crippen LogP contribution in [0, 0.1) is 13.8 Å². The van der Waals surface area contributed by atoms with Gasteiger partial charge in [-0.1, -0.05) is 6.07 Å². The van der Waals surface area contributed by atoms with Crippen molar-refractivity contribution in [1.82, 2.24) is 15.0 Å². The van der Waals surface area contributed by atoms with Gasteiger partial charge in [0, 0.05) is 29.7 Å². The van der Waals surface area contributed by atoms with Crippen molar-refractivity contribution in [2.45, 2.75) is 20.3 Å². The first kappa shape index (κ1) is 19.6. The summed E-state index contributed by atoms with van der Waals surface area (Å²) in [6.07, 6.45) is 7.41. The molecule has 0 aliphatic carbocycles. The number of hydrogen-bond acceptors (Lipinski definition) is 7. The molecule has 7 nitrogen and oxygen atoms in total. The van der Waals surface area contributed by atoms with Crippen LogP contribution in [0.4, 0.5) is 0 Å². The molecule has 2 aromatic heterocycles. The summed E-state index contributed by atoms with van der Waals surface area (Å²) in [7, 11) is -3.62. The van der Waals surface area contributed by atoms with Crippen molar-refractivity contribution in [1.29, 1.82) is 0 Å². The number of benzene rings is 1. The number of aryl methyl sites for hydroxylation is 2. The van der Waals surface area contributed by atoms with Gasteiger partial charge < -0.3 is 4.18 Å². The van der Waals surface area contributed by atoms with E-state index >= 15 is 0 Å². The topological polar surface area (TPSA) is 99.1 Å². The van der Waals surface area contributed by atoms with E-state index < -0.39 is 10.1 Å². The van der Waals surface area contributed by atoms with E-state index in [1.54, 1.807) is 49.1 Å². The van der Waals surface area contributed by atoms with Gasteiger partial charge >= 0.3 is 10.1 Å². The highest BCUT2D eigenvalue weighted by molar-refractivity contribution is 7.86. The molecule has 3 rings (SSSR count). The minimum absolute atomic E-state index is 0.0765. The Morgan fingerprint density at radius 2 is 1.82 bits per heavy atom. The number of hydrogen-bond donors (Lipinski definition) is 0. The van der Waals surface area contributed by atoms with Crippen molar-refractivity contribution >= 4 is 15.9 Å². The van der Waals surface area contributed by atoms with Crippen LogP contribution < -0.4 is 4.18 Å². The summed E-state index contributed by atoms with van der Waals surface area (Å²) < 4.78 is 27.6. The second-order valence-corrected chi connectivity index (χ2v) is 8.02. The van der Waals surface area contributed by atoms with Gasteiger partial charge in [-0.05, 0) is 43.2 Å². The zero-order valence-corrected chi connectivity index (χ0v) is 16.5. The lowest BCUT2D eigenvalue weighted by molar-refractivity contribution is 0.0991.